The van der Waals surface area contributed by atoms with Crippen molar-refractivity contribution in [1.29, 1.82) is 0 Å². The van der Waals surface area contributed by atoms with E-state index in [1.807, 2.05) is 0 Å². The molecule has 1 aromatic carbocycles. The minimum atomic E-state index is -0.830. The van der Waals surface area contributed by atoms with Gasteiger partial charge in [-0.15, -0.1) is 0 Å². The maximum Gasteiger partial charge on any atom is 0.163 e. The molecule has 0 bridgehead atoms. The van der Waals surface area contributed by atoms with Crippen LogP contribution in [-0.4, -0.2) is 33.0 Å². The van der Waals surface area contributed by atoms with Crippen molar-refractivity contribution in [3.8, 4) is 0 Å². The third-order valence-corrected chi connectivity index (χ3v) is 3.37. The fourth-order valence-corrected chi connectivity index (χ4v) is 2.19. The SMILES string of the molecule is CNC(COC1CCOCC1)c1cccc(F)c1F. The summed E-state index contributed by atoms with van der Waals surface area (Å²) < 4.78 is 37.9. The van der Waals surface area contributed by atoms with E-state index in [0.29, 0.717) is 25.4 Å². The molecule has 1 fully saturated rings. The molecule has 1 saturated heterocycles. The van der Waals surface area contributed by atoms with Crippen molar-refractivity contribution < 1.29 is 18.3 Å². The summed E-state index contributed by atoms with van der Waals surface area (Å²) in [5, 5.41) is 2.96. The average molecular weight is 271 g/mol. The minimum Gasteiger partial charge on any atom is -0.381 e. The van der Waals surface area contributed by atoms with Gasteiger partial charge < -0.3 is 14.8 Å². The number of hydrogen-bond donors (Lipinski definition) is 1. The predicted molar refractivity (Wildman–Crippen MR) is 68.0 cm³/mol. The van der Waals surface area contributed by atoms with Crippen molar-refractivity contribution >= 4 is 0 Å². The summed E-state index contributed by atoms with van der Waals surface area (Å²) >= 11 is 0. The summed E-state index contributed by atoms with van der Waals surface area (Å²) in [7, 11) is 1.71. The fourth-order valence-electron chi connectivity index (χ4n) is 2.19. The Morgan fingerprint density at radius 1 is 1.37 bits per heavy atom. The first kappa shape index (κ1) is 14.4. The number of nitrogens with one attached hydrogen (secondary N) is 1. The van der Waals surface area contributed by atoms with Crippen LogP contribution in [0.15, 0.2) is 18.2 Å². The monoisotopic (exact) mass is 271 g/mol. The van der Waals surface area contributed by atoms with Gasteiger partial charge in [0.05, 0.1) is 18.8 Å². The lowest BCUT2D eigenvalue weighted by atomic mass is 10.1. The number of ether oxygens (including phenoxy) is 2. The second-order valence-electron chi connectivity index (χ2n) is 4.63. The number of hydrogen-bond acceptors (Lipinski definition) is 3. The molecule has 1 aromatic rings. The Morgan fingerprint density at radius 3 is 2.79 bits per heavy atom. The third-order valence-electron chi connectivity index (χ3n) is 3.37. The second kappa shape index (κ2) is 6.93. The molecule has 0 aliphatic carbocycles. The molecule has 1 aliphatic rings. The number of rotatable bonds is 5. The van der Waals surface area contributed by atoms with Crippen LogP contribution in [0.4, 0.5) is 8.78 Å². The van der Waals surface area contributed by atoms with Crippen LogP contribution in [0, 0.1) is 11.6 Å². The summed E-state index contributed by atoms with van der Waals surface area (Å²) in [5.74, 6) is -1.64. The molecule has 2 rings (SSSR count). The normalized spacial score (nSPS) is 18.5. The molecule has 3 nitrogen and oxygen atoms in total. The van der Waals surface area contributed by atoms with Gasteiger partial charge >= 0.3 is 0 Å². The Hall–Kier alpha value is -1.04. The molecule has 0 spiro atoms. The van der Waals surface area contributed by atoms with E-state index in [-0.39, 0.29) is 12.1 Å². The third kappa shape index (κ3) is 3.72. The van der Waals surface area contributed by atoms with Crippen LogP contribution in [0.25, 0.3) is 0 Å². The molecule has 1 atom stereocenters. The Labute approximate surface area is 111 Å². The molecule has 1 aliphatic heterocycles. The van der Waals surface area contributed by atoms with Gasteiger partial charge in [0.2, 0.25) is 0 Å². The zero-order valence-electron chi connectivity index (χ0n) is 11.0. The molecule has 0 aromatic heterocycles. The van der Waals surface area contributed by atoms with E-state index in [1.54, 1.807) is 13.1 Å². The van der Waals surface area contributed by atoms with Crippen molar-refractivity contribution in [2.45, 2.75) is 25.0 Å². The smallest absolute Gasteiger partial charge is 0.163 e. The van der Waals surface area contributed by atoms with Crippen LogP contribution in [0.1, 0.15) is 24.4 Å². The van der Waals surface area contributed by atoms with E-state index in [4.69, 9.17) is 9.47 Å². The van der Waals surface area contributed by atoms with Gasteiger partial charge in [0, 0.05) is 18.8 Å². The van der Waals surface area contributed by atoms with Crippen molar-refractivity contribution in [1.82, 2.24) is 5.32 Å². The first-order chi connectivity index (χ1) is 9.22. The quantitative estimate of drug-likeness (QED) is 0.892. The molecular weight excluding hydrogens is 252 g/mol. The van der Waals surface area contributed by atoms with Crippen LogP contribution in [0.3, 0.4) is 0 Å². The number of likely N-dealkylation sites (N-methyl/N-ethyl adjacent to an activating group) is 1. The molecule has 0 saturated carbocycles. The second-order valence-corrected chi connectivity index (χ2v) is 4.63. The average Bonchev–Trinajstić information content (AvgIpc) is 2.45. The molecule has 1 N–H and O–H groups in total. The fraction of sp³-hybridized carbons (Fsp3) is 0.571. The van der Waals surface area contributed by atoms with Gasteiger partial charge in [-0.25, -0.2) is 8.78 Å². The van der Waals surface area contributed by atoms with Gasteiger partial charge in [0.25, 0.3) is 0 Å². The van der Waals surface area contributed by atoms with Gasteiger partial charge in [-0.3, -0.25) is 0 Å². The molecule has 0 radical (unpaired) electrons. The van der Waals surface area contributed by atoms with Gasteiger partial charge in [0.1, 0.15) is 0 Å². The molecule has 19 heavy (non-hydrogen) atoms. The summed E-state index contributed by atoms with van der Waals surface area (Å²) in [5.41, 5.74) is 0.301. The largest absolute Gasteiger partial charge is 0.381 e. The van der Waals surface area contributed by atoms with Crippen LogP contribution >= 0.6 is 0 Å². The van der Waals surface area contributed by atoms with E-state index in [9.17, 15) is 8.78 Å². The first-order valence-corrected chi connectivity index (χ1v) is 6.53. The maximum absolute atomic E-state index is 13.7. The molecule has 1 unspecified atom stereocenters. The summed E-state index contributed by atoms with van der Waals surface area (Å²) in [6.45, 7) is 1.72. The number of halogens is 2. The summed E-state index contributed by atoms with van der Waals surface area (Å²) in [4.78, 5) is 0. The Kier molecular flexibility index (Phi) is 5.24. The lowest BCUT2D eigenvalue weighted by molar-refractivity contribution is -0.0381. The zero-order valence-corrected chi connectivity index (χ0v) is 11.0. The summed E-state index contributed by atoms with van der Waals surface area (Å²) in [6, 6.07) is 3.85. The predicted octanol–water partition coefficient (Wildman–Crippen LogP) is 2.42. The molecular formula is C14H19F2NO2. The Bertz CT molecular complexity index is 408. The topological polar surface area (TPSA) is 30.5 Å². The van der Waals surface area contributed by atoms with E-state index < -0.39 is 11.6 Å². The van der Waals surface area contributed by atoms with Crippen LogP contribution in [0.2, 0.25) is 0 Å². The van der Waals surface area contributed by atoms with Gasteiger partial charge in [-0.2, -0.15) is 0 Å². The molecule has 5 heteroatoms. The molecule has 1 heterocycles. The highest BCUT2D eigenvalue weighted by molar-refractivity contribution is 5.22. The molecule has 0 amide bonds. The lowest BCUT2D eigenvalue weighted by Crippen LogP contribution is -2.29. The van der Waals surface area contributed by atoms with E-state index >= 15 is 0 Å². The van der Waals surface area contributed by atoms with Crippen LogP contribution < -0.4 is 5.32 Å². The zero-order chi connectivity index (χ0) is 13.7. The van der Waals surface area contributed by atoms with Crippen molar-refractivity contribution in [3.63, 3.8) is 0 Å². The van der Waals surface area contributed by atoms with Crippen molar-refractivity contribution in [3.05, 3.63) is 35.4 Å². The van der Waals surface area contributed by atoms with Gasteiger partial charge in [-0.1, -0.05) is 12.1 Å². The van der Waals surface area contributed by atoms with Gasteiger partial charge in [-0.05, 0) is 26.0 Å². The standard InChI is InChI=1S/C14H19F2NO2/c1-17-13(9-19-10-5-7-18-8-6-10)11-3-2-4-12(15)14(11)16/h2-4,10,13,17H,5-9H2,1H3. The highest BCUT2D eigenvalue weighted by Crippen LogP contribution is 2.21. The highest BCUT2D eigenvalue weighted by Gasteiger charge is 2.20. The van der Waals surface area contributed by atoms with Crippen molar-refractivity contribution in [2.24, 2.45) is 0 Å². The summed E-state index contributed by atoms with van der Waals surface area (Å²) in [6.07, 6.45) is 1.84. The van der Waals surface area contributed by atoms with Crippen molar-refractivity contribution in [2.75, 3.05) is 26.9 Å². The van der Waals surface area contributed by atoms with E-state index in [1.165, 1.54) is 6.07 Å². The number of benzene rings is 1. The highest BCUT2D eigenvalue weighted by atomic mass is 19.2. The van der Waals surface area contributed by atoms with Crippen LogP contribution in [-0.2, 0) is 9.47 Å². The molecule has 106 valence electrons. The first-order valence-electron chi connectivity index (χ1n) is 6.53. The maximum atomic E-state index is 13.7. The Balaban J connectivity index is 1.97. The van der Waals surface area contributed by atoms with Crippen LogP contribution in [0.5, 0.6) is 0 Å². The van der Waals surface area contributed by atoms with E-state index in [2.05, 4.69) is 5.32 Å². The minimum absolute atomic E-state index is 0.140. The van der Waals surface area contributed by atoms with Gasteiger partial charge in [0.15, 0.2) is 11.6 Å². The van der Waals surface area contributed by atoms with E-state index in [0.717, 1.165) is 18.9 Å². The lowest BCUT2D eigenvalue weighted by Gasteiger charge is -2.25. The Morgan fingerprint density at radius 2 is 2.11 bits per heavy atom.